The Hall–Kier alpha value is -0.630. The van der Waals surface area contributed by atoms with Gasteiger partial charge in [0.1, 0.15) is 0 Å². The molecule has 0 saturated carbocycles. The van der Waals surface area contributed by atoms with E-state index in [9.17, 15) is 0 Å². The smallest absolute Gasteiger partial charge is 0.0421 e. The molecule has 0 bridgehead atoms. The number of halogens is 1. The molecular formula is C12H14BrN. The molecule has 0 fully saturated rings. The summed E-state index contributed by atoms with van der Waals surface area (Å²) in [5, 5.41) is 0. The van der Waals surface area contributed by atoms with Gasteiger partial charge in [-0.3, -0.25) is 4.99 Å². The van der Waals surface area contributed by atoms with Gasteiger partial charge in [0, 0.05) is 16.7 Å². The van der Waals surface area contributed by atoms with Crippen LogP contribution in [0.3, 0.4) is 0 Å². The Labute approximate surface area is 93.4 Å². The molecule has 1 unspecified atom stereocenters. The topological polar surface area (TPSA) is 12.4 Å². The van der Waals surface area contributed by atoms with Crippen LogP contribution >= 0.6 is 15.9 Å². The van der Waals surface area contributed by atoms with Crippen molar-refractivity contribution in [1.82, 2.24) is 0 Å². The predicted octanol–water partition coefficient (Wildman–Crippen LogP) is 3.67. The van der Waals surface area contributed by atoms with Crippen LogP contribution in [-0.2, 0) is 0 Å². The van der Waals surface area contributed by atoms with Crippen molar-refractivity contribution in [1.29, 1.82) is 0 Å². The van der Waals surface area contributed by atoms with Crippen LogP contribution in [0.2, 0.25) is 0 Å². The lowest BCUT2D eigenvalue weighted by Gasteiger charge is -2.17. The van der Waals surface area contributed by atoms with Gasteiger partial charge < -0.3 is 0 Å². The van der Waals surface area contributed by atoms with E-state index < -0.39 is 0 Å². The van der Waals surface area contributed by atoms with Gasteiger partial charge in [-0.1, -0.05) is 35.0 Å². The van der Waals surface area contributed by atoms with Crippen LogP contribution in [0.5, 0.6) is 0 Å². The molecule has 2 heteroatoms. The highest BCUT2D eigenvalue weighted by Crippen LogP contribution is 2.20. The molecule has 0 aliphatic carbocycles. The van der Waals surface area contributed by atoms with Gasteiger partial charge in [-0.25, -0.2) is 0 Å². The Morgan fingerprint density at radius 3 is 2.93 bits per heavy atom. The maximum atomic E-state index is 4.62. The first-order valence-corrected chi connectivity index (χ1v) is 5.84. The third-order valence-electron chi connectivity index (χ3n) is 2.63. The lowest BCUT2D eigenvalue weighted by atomic mass is 9.96. The second-order valence-corrected chi connectivity index (χ2v) is 4.86. The average molecular weight is 252 g/mol. The monoisotopic (exact) mass is 251 g/mol. The van der Waals surface area contributed by atoms with Crippen LogP contribution < -0.4 is 0 Å². The van der Waals surface area contributed by atoms with E-state index in [0.29, 0.717) is 0 Å². The van der Waals surface area contributed by atoms with Crippen molar-refractivity contribution in [3.63, 3.8) is 0 Å². The lowest BCUT2D eigenvalue weighted by Crippen LogP contribution is -2.14. The molecule has 74 valence electrons. The Bertz CT molecular complexity index is 357. The van der Waals surface area contributed by atoms with Crippen LogP contribution in [0, 0.1) is 5.92 Å². The highest BCUT2D eigenvalue weighted by molar-refractivity contribution is 9.10. The Morgan fingerprint density at radius 2 is 2.29 bits per heavy atom. The van der Waals surface area contributed by atoms with Gasteiger partial charge in [0.15, 0.2) is 0 Å². The zero-order chi connectivity index (χ0) is 9.97. The summed E-state index contributed by atoms with van der Waals surface area (Å²) < 4.78 is 1.14. The van der Waals surface area contributed by atoms with E-state index >= 15 is 0 Å². The number of benzene rings is 1. The zero-order valence-corrected chi connectivity index (χ0v) is 9.92. The van der Waals surface area contributed by atoms with Gasteiger partial charge in [-0.15, -0.1) is 0 Å². The number of rotatable bonds is 1. The average Bonchev–Trinajstić information content (AvgIpc) is 2.19. The maximum absolute atomic E-state index is 4.62. The molecule has 1 aromatic rings. The Balaban J connectivity index is 2.23. The number of nitrogens with zero attached hydrogens (tertiary/aromatic N) is 1. The molecule has 0 N–H and O–H groups in total. The number of hydrogen-bond acceptors (Lipinski definition) is 1. The summed E-state index contributed by atoms with van der Waals surface area (Å²) in [5.74, 6) is 0.755. The Kier molecular flexibility index (Phi) is 3.02. The van der Waals surface area contributed by atoms with Crippen molar-refractivity contribution in [3.8, 4) is 0 Å². The summed E-state index contributed by atoms with van der Waals surface area (Å²) >= 11 is 3.49. The fraction of sp³-hybridized carbons (Fsp3) is 0.417. The standard InChI is InChI=1S/C12H14BrN/c1-9-5-6-12(14-8-9)10-3-2-4-11(13)7-10/h2-4,7,9H,5-6,8H2,1H3. The summed E-state index contributed by atoms with van der Waals surface area (Å²) in [5.41, 5.74) is 2.54. The van der Waals surface area contributed by atoms with E-state index in [-0.39, 0.29) is 0 Å². The van der Waals surface area contributed by atoms with E-state index in [1.807, 2.05) is 0 Å². The van der Waals surface area contributed by atoms with Crippen molar-refractivity contribution >= 4 is 21.6 Å². The van der Waals surface area contributed by atoms with E-state index in [1.165, 1.54) is 17.7 Å². The maximum Gasteiger partial charge on any atom is 0.0421 e. The first-order valence-electron chi connectivity index (χ1n) is 5.05. The summed E-state index contributed by atoms with van der Waals surface area (Å²) in [6.07, 6.45) is 2.39. The quantitative estimate of drug-likeness (QED) is 0.723. The van der Waals surface area contributed by atoms with Gasteiger partial charge in [-0.05, 0) is 36.5 Å². The van der Waals surface area contributed by atoms with E-state index in [0.717, 1.165) is 23.4 Å². The van der Waals surface area contributed by atoms with Crippen LogP contribution in [0.15, 0.2) is 33.7 Å². The molecular weight excluding hydrogens is 238 g/mol. The van der Waals surface area contributed by atoms with Crippen LogP contribution in [0.1, 0.15) is 25.3 Å². The van der Waals surface area contributed by atoms with Gasteiger partial charge in [-0.2, -0.15) is 0 Å². The first-order chi connectivity index (χ1) is 6.75. The molecule has 0 saturated heterocycles. The third-order valence-corrected chi connectivity index (χ3v) is 3.12. The van der Waals surface area contributed by atoms with E-state index in [2.05, 4.69) is 52.1 Å². The number of hydrogen-bond donors (Lipinski definition) is 0. The molecule has 2 rings (SSSR count). The summed E-state index contributed by atoms with van der Waals surface area (Å²) in [6, 6.07) is 8.41. The molecule has 0 amide bonds. The molecule has 1 aliphatic rings. The van der Waals surface area contributed by atoms with Crippen molar-refractivity contribution in [2.24, 2.45) is 10.9 Å². The molecule has 1 aromatic carbocycles. The largest absolute Gasteiger partial charge is 0.289 e. The van der Waals surface area contributed by atoms with Crippen LogP contribution in [0.25, 0.3) is 0 Å². The highest BCUT2D eigenvalue weighted by atomic mass is 79.9. The van der Waals surface area contributed by atoms with Crippen molar-refractivity contribution in [2.75, 3.05) is 6.54 Å². The van der Waals surface area contributed by atoms with Crippen molar-refractivity contribution in [3.05, 3.63) is 34.3 Å². The Morgan fingerprint density at radius 1 is 1.43 bits per heavy atom. The van der Waals surface area contributed by atoms with E-state index in [4.69, 9.17) is 0 Å². The molecule has 0 aromatic heterocycles. The van der Waals surface area contributed by atoms with Gasteiger partial charge in [0.05, 0.1) is 0 Å². The van der Waals surface area contributed by atoms with Crippen molar-refractivity contribution < 1.29 is 0 Å². The minimum Gasteiger partial charge on any atom is -0.289 e. The molecule has 1 heterocycles. The second kappa shape index (κ2) is 4.26. The lowest BCUT2D eigenvalue weighted by molar-refractivity contribution is 0.538. The van der Waals surface area contributed by atoms with Gasteiger partial charge >= 0.3 is 0 Å². The third kappa shape index (κ3) is 2.24. The normalized spacial score (nSPS) is 21.9. The minimum atomic E-state index is 0.755. The van der Waals surface area contributed by atoms with Gasteiger partial charge in [0.2, 0.25) is 0 Å². The fourth-order valence-electron chi connectivity index (χ4n) is 1.72. The SMILES string of the molecule is CC1CCC(c2cccc(Br)c2)=NC1. The molecule has 1 aliphatic heterocycles. The van der Waals surface area contributed by atoms with Gasteiger partial charge in [0.25, 0.3) is 0 Å². The highest BCUT2D eigenvalue weighted by Gasteiger charge is 2.12. The molecule has 0 radical (unpaired) electrons. The fourth-order valence-corrected chi connectivity index (χ4v) is 2.12. The second-order valence-electron chi connectivity index (χ2n) is 3.94. The molecule has 1 nitrogen and oxygen atoms in total. The minimum absolute atomic E-state index is 0.755. The molecule has 0 spiro atoms. The summed E-state index contributed by atoms with van der Waals surface area (Å²) in [7, 11) is 0. The first kappa shape index (κ1) is 9.91. The molecule has 14 heavy (non-hydrogen) atoms. The van der Waals surface area contributed by atoms with Crippen LogP contribution in [0.4, 0.5) is 0 Å². The number of aliphatic imine (C=N–C) groups is 1. The van der Waals surface area contributed by atoms with E-state index in [1.54, 1.807) is 0 Å². The summed E-state index contributed by atoms with van der Waals surface area (Å²) in [6.45, 7) is 3.25. The molecule has 1 atom stereocenters. The van der Waals surface area contributed by atoms with Crippen molar-refractivity contribution in [2.45, 2.75) is 19.8 Å². The zero-order valence-electron chi connectivity index (χ0n) is 8.33. The predicted molar refractivity (Wildman–Crippen MR) is 63.9 cm³/mol. The summed E-state index contributed by atoms with van der Waals surface area (Å²) in [4.78, 5) is 4.62. The van der Waals surface area contributed by atoms with Crippen LogP contribution in [-0.4, -0.2) is 12.3 Å².